The van der Waals surface area contributed by atoms with Gasteiger partial charge in [-0.05, 0) is 120 Å². The van der Waals surface area contributed by atoms with Crippen LogP contribution in [0.2, 0.25) is 0 Å². The van der Waals surface area contributed by atoms with Crippen LogP contribution in [0.15, 0.2) is 97.1 Å². The van der Waals surface area contributed by atoms with Crippen LogP contribution in [0.4, 0.5) is 0 Å². The fraction of sp³-hybridized carbons (Fsp3) is 0.368. The maximum Gasteiger partial charge on any atom is 0.494 e. The molecule has 0 N–H and O–H groups in total. The Kier molecular flexibility index (Phi) is 8.72. The molecule has 244 valence electrons. The first-order valence-corrected chi connectivity index (χ1v) is 16.2. The summed E-state index contributed by atoms with van der Waals surface area (Å²) in [6.07, 6.45) is -0.744. The molecule has 0 saturated carbocycles. The molecule has 0 bridgehead atoms. The highest BCUT2D eigenvalue weighted by Gasteiger charge is 2.52. The van der Waals surface area contributed by atoms with Gasteiger partial charge in [-0.3, -0.25) is 0 Å². The van der Waals surface area contributed by atoms with Crippen molar-refractivity contribution >= 4 is 25.2 Å². The summed E-state index contributed by atoms with van der Waals surface area (Å²) in [7, 11) is 0.759. The third kappa shape index (κ3) is 6.81. The van der Waals surface area contributed by atoms with Gasteiger partial charge in [0.15, 0.2) is 0 Å². The van der Waals surface area contributed by atoms with Gasteiger partial charge in [0.25, 0.3) is 6.29 Å². The van der Waals surface area contributed by atoms with Crippen molar-refractivity contribution in [2.24, 2.45) is 0 Å². The molecule has 0 amide bonds. The minimum atomic E-state index is -0.744. The molecular weight excluding hydrogens is 590 g/mol. The highest BCUT2D eigenvalue weighted by atomic mass is 16.7. The molecule has 4 aromatic rings. The Morgan fingerprint density at radius 1 is 0.489 bits per heavy atom. The Bertz CT molecular complexity index is 1590. The van der Waals surface area contributed by atoms with Gasteiger partial charge in [-0.25, -0.2) is 0 Å². The van der Waals surface area contributed by atoms with E-state index >= 15 is 0 Å². The number of ether oxygens (including phenoxy) is 3. The van der Waals surface area contributed by atoms with Crippen molar-refractivity contribution in [1.82, 2.24) is 0 Å². The van der Waals surface area contributed by atoms with E-state index in [9.17, 15) is 0 Å². The monoisotopic (exact) mass is 634 g/mol. The van der Waals surface area contributed by atoms with E-state index in [0.29, 0.717) is 11.5 Å². The van der Waals surface area contributed by atoms with Crippen LogP contribution in [-0.2, 0) is 18.6 Å². The third-order valence-corrected chi connectivity index (χ3v) is 9.86. The van der Waals surface area contributed by atoms with E-state index in [-0.39, 0.29) is 0 Å². The lowest BCUT2D eigenvalue weighted by atomic mass is 9.79. The van der Waals surface area contributed by atoms with Gasteiger partial charge in [0, 0.05) is 5.56 Å². The molecule has 2 heterocycles. The molecule has 0 aliphatic carbocycles. The standard InChI is InChI=1S/C38H44B2O7/c1-35(2)36(3,4)45-39(44-35)29-16-20-31(21-17-29)42-34(28-14-10-12-26(24-28)27-13-11-15-33(25-27)41-9)43-32-22-18-30(19-23-32)40-46-37(5,6)38(7,8)47-40/h10-25,34H,1-9H3. The van der Waals surface area contributed by atoms with Crippen LogP contribution >= 0.6 is 0 Å². The van der Waals surface area contributed by atoms with Gasteiger partial charge in [0.05, 0.1) is 29.5 Å². The molecule has 9 heteroatoms. The van der Waals surface area contributed by atoms with Gasteiger partial charge in [-0.2, -0.15) is 0 Å². The van der Waals surface area contributed by atoms with Crippen molar-refractivity contribution in [2.75, 3.05) is 7.11 Å². The summed E-state index contributed by atoms with van der Waals surface area (Å²) < 4.78 is 43.5. The molecule has 0 spiro atoms. The van der Waals surface area contributed by atoms with Crippen molar-refractivity contribution in [3.05, 3.63) is 103 Å². The molecule has 47 heavy (non-hydrogen) atoms. The zero-order valence-corrected chi connectivity index (χ0v) is 28.8. The molecular formula is C38H44B2O7. The summed E-state index contributed by atoms with van der Waals surface area (Å²) in [6, 6.07) is 31.7. The van der Waals surface area contributed by atoms with E-state index in [1.165, 1.54) is 0 Å². The Morgan fingerprint density at radius 3 is 1.32 bits per heavy atom. The number of benzene rings is 4. The zero-order valence-electron chi connectivity index (χ0n) is 28.8. The SMILES string of the molecule is COc1cccc(-c2cccc(C(Oc3ccc(B4OC(C)(C)C(C)(C)O4)cc3)Oc3ccc(B4OC(C)(C)C(C)(C)O4)cc3)c2)c1. The van der Waals surface area contributed by atoms with Gasteiger partial charge in [0.1, 0.15) is 17.2 Å². The van der Waals surface area contributed by atoms with Crippen LogP contribution in [0.1, 0.15) is 67.2 Å². The van der Waals surface area contributed by atoms with Crippen LogP contribution in [0, 0.1) is 0 Å². The minimum Gasteiger partial charge on any atom is -0.497 e. The van der Waals surface area contributed by atoms with Crippen LogP contribution in [0.3, 0.4) is 0 Å². The van der Waals surface area contributed by atoms with Crippen molar-refractivity contribution in [3.8, 4) is 28.4 Å². The molecule has 0 atom stereocenters. The Balaban J connectivity index is 1.26. The number of hydrogen-bond acceptors (Lipinski definition) is 7. The zero-order chi connectivity index (χ0) is 33.6. The molecule has 2 saturated heterocycles. The van der Waals surface area contributed by atoms with E-state index in [1.807, 2.05) is 134 Å². The average molecular weight is 634 g/mol. The van der Waals surface area contributed by atoms with Crippen LogP contribution in [0.25, 0.3) is 11.1 Å². The molecule has 0 aromatic heterocycles. The second-order valence-corrected chi connectivity index (χ2v) is 14.2. The Hall–Kier alpha value is -3.75. The molecule has 2 aliphatic rings. The van der Waals surface area contributed by atoms with Gasteiger partial charge in [0.2, 0.25) is 0 Å². The van der Waals surface area contributed by atoms with Crippen molar-refractivity contribution in [1.29, 1.82) is 0 Å². The maximum absolute atomic E-state index is 6.55. The predicted molar refractivity (Wildman–Crippen MR) is 187 cm³/mol. The van der Waals surface area contributed by atoms with Crippen molar-refractivity contribution < 1.29 is 32.8 Å². The van der Waals surface area contributed by atoms with Crippen LogP contribution in [-0.4, -0.2) is 43.8 Å². The van der Waals surface area contributed by atoms with Gasteiger partial charge >= 0.3 is 14.2 Å². The van der Waals surface area contributed by atoms with E-state index in [1.54, 1.807) is 7.11 Å². The molecule has 2 aliphatic heterocycles. The fourth-order valence-corrected chi connectivity index (χ4v) is 5.44. The quantitative estimate of drug-likeness (QED) is 0.144. The van der Waals surface area contributed by atoms with Crippen LogP contribution < -0.4 is 25.1 Å². The van der Waals surface area contributed by atoms with Crippen LogP contribution in [0.5, 0.6) is 17.2 Å². The summed E-state index contributed by atoms with van der Waals surface area (Å²) in [5, 5.41) is 0. The van der Waals surface area contributed by atoms with Crippen molar-refractivity contribution in [2.45, 2.75) is 84.1 Å². The Morgan fingerprint density at radius 2 is 0.894 bits per heavy atom. The first-order chi connectivity index (χ1) is 22.2. The normalized spacial score (nSPS) is 19.2. The van der Waals surface area contributed by atoms with Gasteiger partial charge < -0.3 is 32.8 Å². The lowest BCUT2D eigenvalue weighted by Crippen LogP contribution is -2.41. The smallest absolute Gasteiger partial charge is 0.494 e. The molecule has 2 fully saturated rings. The third-order valence-electron chi connectivity index (χ3n) is 9.86. The lowest BCUT2D eigenvalue weighted by Gasteiger charge is -2.32. The highest BCUT2D eigenvalue weighted by molar-refractivity contribution is 6.62. The number of hydrogen-bond donors (Lipinski definition) is 0. The largest absolute Gasteiger partial charge is 0.497 e. The lowest BCUT2D eigenvalue weighted by molar-refractivity contribution is 0.00388. The van der Waals surface area contributed by atoms with Gasteiger partial charge in [-0.15, -0.1) is 0 Å². The average Bonchev–Trinajstić information content (AvgIpc) is 3.40. The van der Waals surface area contributed by atoms with Gasteiger partial charge in [-0.1, -0.05) is 54.6 Å². The molecule has 7 nitrogen and oxygen atoms in total. The second kappa shape index (κ2) is 12.4. The van der Waals surface area contributed by atoms with E-state index in [4.69, 9.17) is 32.8 Å². The molecule has 6 rings (SSSR count). The highest BCUT2D eigenvalue weighted by Crippen LogP contribution is 2.38. The first-order valence-electron chi connectivity index (χ1n) is 16.2. The number of rotatable bonds is 9. The fourth-order valence-electron chi connectivity index (χ4n) is 5.44. The predicted octanol–water partition coefficient (Wildman–Crippen LogP) is 7.12. The molecule has 4 aromatic carbocycles. The Labute approximate surface area is 279 Å². The molecule has 0 unspecified atom stereocenters. The topological polar surface area (TPSA) is 64.6 Å². The summed E-state index contributed by atoms with van der Waals surface area (Å²) in [5.41, 5.74) is 3.08. The summed E-state index contributed by atoms with van der Waals surface area (Å²) in [6.45, 7) is 16.4. The van der Waals surface area contributed by atoms with Crippen molar-refractivity contribution in [3.63, 3.8) is 0 Å². The summed E-state index contributed by atoms with van der Waals surface area (Å²) in [4.78, 5) is 0. The number of methoxy groups -OCH3 is 1. The summed E-state index contributed by atoms with van der Waals surface area (Å²) >= 11 is 0. The first kappa shape index (κ1) is 33.2. The maximum atomic E-state index is 6.55. The van der Waals surface area contributed by atoms with E-state index in [2.05, 4.69) is 18.2 Å². The minimum absolute atomic E-state index is 0.419. The summed E-state index contributed by atoms with van der Waals surface area (Å²) in [5.74, 6) is 2.09. The van der Waals surface area contributed by atoms with E-state index < -0.39 is 42.9 Å². The second-order valence-electron chi connectivity index (χ2n) is 14.2. The molecule has 0 radical (unpaired) electrons. The van der Waals surface area contributed by atoms with E-state index in [0.717, 1.165) is 33.4 Å².